The Morgan fingerprint density at radius 1 is 1.21 bits per heavy atom. The van der Waals surface area contributed by atoms with Gasteiger partial charge < -0.3 is 14.1 Å². The maximum Gasteiger partial charge on any atom is 0.309 e. The second kappa shape index (κ2) is 9.43. The van der Waals surface area contributed by atoms with Gasteiger partial charge in [0.05, 0.1) is 17.8 Å². The van der Waals surface area contributed by atoms with E-state index < -0.39 is 0 Å². The van der Waals surface area contributed by atoms with Gasteiger partial charge in [-0.2, -0.15) is 0 Å². The summed E-state index contributed by atoms with van der Waals surface area (Å²) in [7, 11) is 0. The Labute approximate surface area is 175 Å². The predicted octanol–water partition coefficient (Wildman–Crippen LogP) is 3.64. The van der Waals surface area contributed by atoms with E-state index in [1.165, 1.54) is 11.8 Å². The smallest absolute Gasteiger partial charge is 0.309 e. The zero-order valence-corrected chi connectivity index (χ0v) is 18.1. The summed E-state index contributed by atoms with van der Waals surface area (Å²) < 4.78 is 10.9. The second-order valence-electron chi connectivity index (χ2n) is 7.36. The highest BCUT2D eigenvalue weighted by molar-refractivity contribution is 8.00. The summed E-state index contributed by atoms with van der Waals surface area (Å²) in [4.78, 5) is 26.4. The monoisotopic (exact) mass is 417 g/mol. The van der Waals surface area contributed by atoms with Crippen molar-refractivity contribution in [3.05, 3.63) is 29.3 Å². The molecule has 1 amide bonds. The minimum atomic E-state index is -0.346. The standard InChI is InChI=1S/C21H27N3O4S/c1-5-27-20(26)16-6-8-24(9-7-16)19(25)15(4)29-21-23-22-18(28-21)17-11-13(2)10-14(3)12-17/h10-12,15-16H,5-9H2,1-4H3. The molecule has 156 valence electrons. The first-order valence-corrected chi connectivity index (χ1v) is 10.8. The number of carbonyl (C=O) groups is 2. The van der Waals surface area contributed by atoms with Gasteiger partial charge >= 0.3 is 5.97 Å². The first-order valence-electron chi connectivity index (χ1n) is 9.91. The largest absolute Gasteiger partial charge is 0.466 e. The molecule has 0 saturated carbocycles. The second-order valence-corrected chi connectivity index (χ2v) is 8.65. The number of aromatic nitrogens is 2. The van der Waals surface area contributed by atoms with Crippen LogP contribution in [-0.4, -0.2) is 51.9 Å². The third-order valence-electron chi connectivity index (χ3n) is 4.93. The van der Waals surface area contributed by atoms with Gasteiger partial charge in [0.2, 0.25) is 11.8 Å². The fraction of sp³-hybridized carbons (Fsp3) is 0.524. The number of likely N-dealkylation sites (tertiary alicyclic amines) is 1. The summed E-state index contributed by atoms with van der Waals surface area (Å²) in [5.41, 5.74) is 3.13. The fourth-order valence-corrected chi connectivity index (χ4v) is 4.29. The number of amides is 1. The number of thioether (sulfide) groups is 1. The summed E-state index contributed by atoms with van der Waals surface area (Å²) in [6.07, 6.45) is 1.28. The number of carbonyl (C=O) groups excluding carboxylic acids is 2. The Bertz CT molecular complexity index is 854. The number of aryl methyl sites for hydroxylation is 2. The number of ether oxygens (including phenoxy) is 1. The topological polar surface area (TPSA) is 85.5 Å². The Balaban J connectivity index is 1.57. The Kier molecular flexibility index (Phi) is 6.95. The van der Waals surface area contributed by atoms with Crippen molar-refractivity contribution in [1.82, 2.24) is 15.1 Å². The molecule has 0 bridgehead atoms. The van der Waals surface area contributed by atoms with Crippen molar-refractivity contribution in [1.29, 1.82) is 0 Å². The quantitative estimate of drug-likeness (QED) is 0.524. The molecule has 0 N–H and O–H groups in total. The van der Waals surface area contributed by atoms with E-state index in [4.69, 9.17) is 9.15 Å². The molecule has 1 aliphatic rings. The van der Waals surface area contributed by atoms with Gasteiger partial charge in [0.15, 0.2) is 0 Å². The maximum absolute atomic E-state index is 12.8. The molecule has 1 aromatic carbocycles. The first kappa shape index (κ1) is 21.4. The molecule has 0 aliphatic carbocycles. The minimum absolute atomic E-state index is 0.0171. The zero-order valence-electron chi connectivity index (χ0n) is 17.3. The normalized spacial score (nSPS) is 15.9. The number of esters is 1. The van der Waals surface area contributed by atoms with Crippen LogP contribution < -0.4 is 0 Å². The van der Waals surface area contributed by atoms with Gasteiger partial charge in [-0.25, -0.2) is 0 Å². The third kappa shape index (κ3) is 5.38. The summed E-state index contributed by atoms with van der Waals surface area (Å²) in [5, 5.41) is 8.25. The van der Waals surface area contributed by atoms with E-state index in [-0.39, 0.29) is 23.0 Å². The molecule has 3 rings (SSSR count). The Morgan fingerprint density at radius 3 is 2.48 bits per heavy atom. The van der Waals surface area contributed by atoms with Gasteiger partial charge in [-0.1, -0.05) is 29.0 Å². The lowest BCUT2D eigenvalue weighted by atomic mass is 9.97. The van der Waals surface area contributed by atoms with Crippen LogP contribution in [0.25, 0.3) is 11.5 Å². The predicted molar refractivity (Wildman–Crippen MR) is 110 cm³/mol. The Hall–Kier alpha value is -2.35. The van der Waals surface area contributed by atoms with Crippen molar-refractivity contribution >= 4 is 23.6 Å². The molecular weight excluding hydrogens is 390 g/mol. The molecule has 29 heavy (non-hydrogen) atoms. The number of hydrogen-bond acceptors (Lipinski definition) is 7. The summed E-state index contributed by atoms with van der Waals surface area (Å²) in [6.45, 7) is 9.20. The molecule has 1 aromatic heterocycles. The van der Waals surface area contributed by atoms with Crippen molar-refractivity contribution < 1.29 is 18.7 Å². The van der Waals surface area contributed by atoms with Gasteiger partial charge in [0.25, 0.3) is 5.22 Å². The van der Waals surface area contributed by atoms with E-state index >= 15 is 0 Å². The van der Waals surface area contributed by atoms with Crippen LogP contribution in [0.1, 0.15) is 37.8 Å². The molecule has 8 heteroatoms. The number of nitrogens with zero attached hydrogens (tertiary/aromatic N) is 3. The summed E-state index contributed by atoms with van der Waals surface area (Å²) >= 11 is 1.26. The summed E-state index contributed by atoms with van der Waals surface area (Å²) in [5.74, 6) is 0.197. The van der Waals surface area contributed by atoms with Crippen LogP contribution in [0.5, 0.6) is 0 Å². The fourth-order valence-electron chi connectivity index (χ4n) is 3.53. The van der Waals surface area contributed by atoms with Gasteiger partial charge in [-0.05, 0) is 52.7 Å². The van der Waals surface area contributed by atoms with Gasteiger partial charge in [-0.15, -0.1) is 10.2 Å². The number of benzene rings is 1. The highest BCUT2D eigenvalue weighted by atomic mass is 32.2. The average molecular weight is 418 g/mol. The van der Waals surface area contributed by atoms with Crippen LogP contribution in [0.2, 0.25) is 0 Å². The van der Waals surface area contributed by atoms with E-state index in [9.17, 15) is 9.59 Å². The van der Waals surface area contributed by atoms with Crippen LogP contribution in [-0.2, 0) is 14.3 Å². The van der Waals surface area contributed by atoms with Crippen molar-refractivity contribution in [2.45, 2.75) is 51.0 Å². The van der Waals surface area contributed by atoms with Crippen LogP contribution in [0.15, 0.2) is 27.8 Å². The number of hydrogen-bond donors (Lipinski definition) is 0. The van der Waals surface area contributed by atoms with Crippen LogP contribution in [0, 0.1) is 19.8 Å². The molecular formula is C21H27N3O4S. The highest BCUT2D eigenvalue weighted by Gasteiger charge is 2.31. The lowest BCUT2D eigenvalue weighted by molar-refractivity contribution is -0.151. The maximum atomic E-state index is 12.8. The SMILES string of the molecule is CCOC(=O)C1CCN(C(=O)C(C)Sc2nnc(-c3cc(C)cc(C)c3)o2)CC1. The molecule has 1 atom stereocenters. The molecule has 1 unspecified atom stereocenters. The molecule has 1 saturated heterocycles. The van der Waals surface area contributed by atoms with Crippen LogP contribution >= 0.6 is 11.8 Å². The van der Waals surface area contributed by atoms with Crippen LogP contribution in [0.3, 0.4) is 0 Å². The molecule has 1 fully saturated rings. The van der Waals surface area contributed by atoms with E-state index in [0.29, 0.717) is 43.7 Å². The molecule has 0 radical (unpaired) electrons. The van der Waals surface area contributed by atoms with E-state index in [0.717, 1.165) is 16.7 Å². The van der Waals surface area contributed by atoms with Gasteiger partial charge in [-0.3, -0.25) is 9.59 Å². The van der Waals surface area contributed by atoms with Crippen LogP contribution in [0.4, 0.5) is 0 Å². The Morgan fingerprint density at radius 2 is 1.86 bits per heavy atom. The third-order valence-corrected chi connectivity index (χ3v) is 5.85. The number of piperidine rings is 1. The molecule has 0 spiro atoms. The zero-order chi connectivity index (χ0) is 21.0. The van der Waals surface area contributed by atoms with Crippen molar-refractivity contribution in [2.75, 3.05) is 19.7 Å². The van der Waals surface area contributed by atoms with Crippen molar-refractivity contribution in [3.8, 4) is 11.5 Å². The van der Waals surface area contributed by atoms with E-state index in [1.807, 2.05) is 32.9 Å². The molecule has 2 heterocycles. The van der Waals surface area contributed by atoms with Crippen molar-refractivity contribution in [2.24, 2.45) is 5.92 Å². The summed E-state index contributed by atoms with van der Waals surface area (Å²) in [6, 6.07) is 6.08. The van der Waals surface area contributed by atoms with Gasteiger partial charge in [0, 0.05) is 18.7 Å². The molecule has 7 nitrogen and oxygen atoms in total. The lowest BCUT2D eigenvalue weighted by Gasteiger charge is -2.32. The lowest BCUT2D eigenvalue weighted by Crippen LogP contribution is -2.43. The average Bonchev–Trinajstić information content (AvgIpc) is 3.15. The minimum Gasteiger partial charge on any atom is -0.466 e. The molecule has 1 aliphatic heterocycles. The van der Waals surface area contributed by atoms with E-state index in [1.54, 1.807) is 11.8 Å². The van der Waals surface area contributed by atoms with Gasteiger partial charge in [0.1, 0.15) is 0 Å². The first-order chi connectivity index (χ1) is 13.9. The highest BCUT2D eigenvalue weighted by Crippen LogP contribution is 2.29. The van der Waals surface area contributed by atoms with Crippen molar-refractivity contribution in [3.63, 3.8) is 0 Å². The number of rotatable bonds is 6. The van der Waals surface area contributed by atoms with E-state index in [2.05, 4.69) is 16.3 Å². The molecule has 2 aromatic rings.